The van der Waals surface area contributed by atoms with E-state index < -0.39 is 81.6 Å². The van der Waals surface area contributed by atoms with Crippen molar-refractivity contribution in [2.24, 2.45) is 30.7 Å². The van der Waals surface area contributed by atoms with E-state index in [2.05, 4.69) is 30.7 Å². The predicted molar refractivity (Wildman–Crippen MR) is 157 cm³/mol. The number of carbonyl (C=O) groups is 1. The van der Waals surface area contributed by atoms with Crippen molar-refractivity contribution >= 4 is 66.0 Å². The number of hydrogen-bond acceptors (Lipinski definition) is 16. The van der Waals surface area contributed by atoms with Crippen LogP contribution in [-0.4, -0.2) is 57.3 Å². The molecule has 0 aliphatic rings. The van der Waals surface area contributed by atoms with E-state index in [-0.39, 0.29) is 22.0 Å². The lowest BCUT2D eigenvalue weighted by atomic mass is 10.1. The van der Waals surface area contributed by atoms with Crippen molar-refractivity contribution in [3.8, 4) is 17.2 Å². The molecular formula is C25H17N7O13S2. The topological polar surface area (TPSA) is 324 Å². The van der Waals surface area contributed by atoms with E-state index >= 15 is 0 Å². The lowest BCUT2D eigenvalue weighted by molar-refractivity contribution is -0.385. The van der Waals surface area contributed by atoms with Gasteiger partial charge in [-0.25, -0.2) is 4.79 Å². The van der Waals surface area contributed by atoms with Crippen molar-refractivity contribution in [1.29, 1.82) is 0 Å². The standard InChI is InChI=1S/C25H17N7O13S2/c33-21-11-22(34)19(30-31-20-8-14(32(38)39)9-23(24(20)35)47(43,44)45)10-18(21)29-28-17-6-3-13(7-16(17)25(36)37)27-26-12-1-4-15(5-2-12)46(40,41)42/h1-11,33-35H,(H,36,37)(H,40,41,42)(H,43,44,45). The number of nitrogens with zero attached hydrogens (tertiary/aromatic N) is 7. The maximum absolute atomic E-state index is 11.9. The first kappa shape index (κ1) is 33.7. The molecule has 4 aromatic carbocycles. The fraction of sp³-hybridized carbons (Fsp3) is 0. The van der Waals surface area contributed by atoms with Gasteiger partial charge in [-0.05, 0) is 42.5 Å². The molecule has 0 unspecified atom stereocenters. The van der Waals surface area contributed by atoms with Gasteiger partial charge in [-0.2, -0.15) is 27.1 Å². The fourth-order valence-electron chi connectivity index (χ4n) is 3.53. The van der Waals surface area contributed by atoms with Gasteiger partial charge in [0.05, 0.1) is 26.8 Å². The van der Waals surface area contributed by atoms with Gasteiger partial charge in [0, 0.05) is 24.3 Å². The number of carboxylic acids is 1. The summed E-state index contributed by atoms with van der Waals surface area (Å²) in [6.45, 7) is 0. The highest BCUT2D eigenvalue weighted by Crippen LogP contribution is 2.42. The summed E-state index contributed by atoms with van der Waals surface area (Å²) in [5.74, 6) is -4.05. The maximum Gasteiger partial charge on any atom is 0.338 e. The third kappa shape index (κ3) is 8.08. The molecule has 47 heavy (non-hydrogen) atoms. The molecule has 0 aromatic heterocycles. The minimum absolute atomic E-state index is 0.0388. The lowest BCUT2D eigenvalue weighted by Crippen LogP contribution is -2.00. The van der Waals surface area contributed by atoms with Gasteiger partial charge >= 0.3 is 5.97 Å². The molecule has 0 radical (unpaired) electrons. The highest BCUT2D eigenvalue weighted by Gasteiger charge is 2.24. The van der Waals surface area contributed by atoms with Crippen LogP contribution in [0, 0.1) is 10.1 Å². The van der Waals surface area contributed by atoms with Crippen LogP contribution in [-0.2, 0) is 20.2 Å². The quantitative estimate of drug-likeness (QED) is 0.0472. The number of nitro groups is 1. The molecule has 0 saturated heterocycles. The average Bonchev–Trinajstić information content (AvgIpc) is 2.98. The maximum atomic E-state index is 11.9. The zero-order valence-electron chi connectivity index (χ0n) is 22.8. The smallest absolute Gasteiger partial charge is 0.338 e. The van der Waals surface area contributed by atoms with Gasteiger partial charge in [0.25, 0.3) is 25.9 Å². The van der Waals surface area contributed by atoms with E-state index in [1.165, 1.54) is 24.3 Å². The molecular weight excluding hydrogens is 670 g/mol. The monoisotopic (exact) mass is 687 g/mol. The van der Waals surface area contributed by atoms with Gasteiger partial charge in [0.1, 0.15) is 39.1 Å². The van der Waals surface area contributed by atoms with E-state index in [0.717, 1.165) is 30.3 Å². The predicted octanol–water partition coefficient (Wildman–Crippen LogP) is 6.15. The van der Waals surface area contributed by atoms with Crippen LogP contribution in [0.1, 0.15) is 10.4 Å². The Labute approximate surface area is 262 Å². The number of hydrogen-bond donors (Lipinski definition) is 6. The van der Waals surface area contributed by atoms with E-state index in [9.17, 15) is 56.7 Å². The third-order valence-corrected chi connectivity index (χ3v) is 7.49. The molecule has 0 aliphatic heterocycles. The summed E-state index contributed by atoms with van der Waals surface area (Å²) in [5.41, 5.74) is -2.98. The Morgan fingerprint density at radius 1 is 0.638 bits per heavy atom. The van der Waals surface area contributed by atoms with Crippen LogP contribution in [0.25, 0.3) is 0 Å². The first-order chi connectivity index (χ1) is 21.9. The largest absolute Gasteiger partial charge is 0.505 e. The van der Waals surface area contributed by atoms with Crippen molar-refractivity contribution < 1.29 is 56.1 Å². The minimum Gasteiger partial charge on any atom is -0.505 e. The number of benzene rings is 4. The molecule has 0 atom stereocenters. The molecule has 0 amide bonds. The molecule has 0 heterocycles. The molecule has 20 nitrogen and oxygen atoms in total. The Hall–Kier alpha value is -6.23. The Morgan fingerprint density at radius 2 is 1.17 bits per heavy atom. The minimum atomic E-state index is -5.13. The van der Waals surface area contributed by atoms with Crippen molar-refractivity contribution in [1.82, 2.24) is 0 Å². The summed E-state index contributed by atoms with van der Waals surface area (Å²) in [7, 11) is -9.54. The Morgan fingerprint density at radius 3 is 1.70 bits per heavy atom. The molecule has 0 saturated carbocycles. The van der Waals surface area contributed by atoms with Crippen LogP contribution in [0.3, 0.4) is 0 Å². The van der Waals surface area contributed by atoms with Crippen molar-refractivity contribution in [3.05, 3.63) is 82.4 Å². The van der Waals surface area contributed by atoms with Crippen molar-refractivity contribution in [3.63, 3.8) is 0 Å². The number of aromatic hydroxyl groups is 3. The van der Waals surface area contributed by atoms with E-state index in [4.69, 9.17) is 4.55 Å². The van der Waals surface area contributed by atoms with Crippen LogP contribution < -0.4 is 0 Å². The SMILES string of the molecule is O=C(O)c1cc(N=Nc2ccc(S(=O)(=O)O)cc2)ccc1N=Nc1cc(N=Nc2cc([N+](=O)[O-])cc(S(=O)(=O)O)c2O)c(O)cc1O. The summed E-state index contributed by atoms with van der Waals surface area (Å²) in [6.07, 6.45) is 0. The molecule has 0 bridgehead atoms. The van der Waals surface area contributed by atoms with Crippen LogP contribution >= 0.6 is 0 Å². The van der Waals surface area contributed by atoms with Crippen LogP contribution in [0.5, 0.6) is 17.2 Å². The van der Waals surface area contributed by atoms with Gasteiger partial charge in [-0.3, -0.25) is 19.2 Å². The molecule has 4 aromatic rings. The number of nitro benzene ring substituents is 1. The zero-order valence-corrected chi connectivity index (χ0v) is 24.5. The summed E-state index contributed by atoms with van der Waals surface area (Å²) in [5, 5.41) is 73.7. The van der Waals surface area contributed by atoms with E-state index in [0.29, 0.717) is 12.1 Å². The summed E-state index contributed by atoms with van der Waals surface area (Å²) in [4.78, 5) is 20.4. The normalized spacial score (nSPS) is 12.3. The molecule has 0 aliphatic carbocycles. The van der Waals surface area contributed by atoms with E-state index in [1.54, 1.807) is 0 Å². The number of carboxylic acid groups (broad SMARTS) is 1. The summed E-state index contributed by atoms with van der Waals surface area (Å²) < 4.78 is 63.7. The van der Waals surface area contributed by atoms with Crippen LogP contribution in [0.2, 0.25) is 0 Å². The summed E-state index contributed by atoms with van der Waals surface area (Å²) >= 11 is 0. The molecule has 0 fully saturated rings. The highest BCUT2D eigenvalue weighted by atomic mass is 32.2. The van der Waals surface area contributed by atoms with Gasteiger partial charge in [-0.15, -0.1) is 20.5 Å². The van der Waals surface area contributed by atoms with Gasteiger partial charge in [-0.1, -0.05) is 0 Å². The number of phenolic OH excluding ortho intramolecular Hbond substituents is 3. The Kier molecular flexibility index (Phi) is 9.32. The molecule has 0 spiro atoms. The lowest BCUT2D eigenvalue weighted by Gasteiger charge is -2.05. The van der Waals surface area contributed by atoms with Crippen LogP contribution in [0.4, 0.5) is 39.8 Å². The van der Waals surface area contributed by atoms with Gasteiger partial charge < -0.3 is 20.4 Å². The molecule has 4 rings (SSSR count). The molecule has 6 N–H and O–H groups in total. The first-order valence-electron chi connectivity index (χ1n) is 12.2. The second kappa shape index (κ2) is 13.0. The number of rotatable bonds is 10. The number of azo groups is 3. The fourth-order valence-corrected chi connectivity index (χ4v) is 4.63. The third-order valence-electron chi connectivity index (χ3n) is 5.76. The van der Waals surface area contributed by atoms with E-state index in [1.807, 2.05) is 0 Å². The van der Waals surface area contributed by atoms with Crippen molar-refractivity contribution in [2.75, 3.05) is 0 Å². The van der Waals surface area contributed by atoms with Gasteiger partial charge in [0.15, 0.2) is 5.75 Å². The second-order valence-electron chi connectivity index (χ2n) is 8.95. The molecule has 22 heteroatoms. The summed E-state index contributed by atoms with van der Waals surface area (Å²) in [6, 6.07) is 10.9. The Bertz CT molecular complexity index is 2240. The number of phenols is 3. The highest BCUT2D eigenvalue weighted by molar-refractivity contribution is 7.86. The zero-order chi connectivity index (χ0) is 34.7. The van der Waals surface area contributed by atoms with Crippen LogP contribution in [0.15, 0.2) is 107 Å². The molecule has 242 valence electrons. The first-order valence-corrected chi connectivity index (χ1v) is 15.1. The Balaban J connectivity index is 1.64. The average molecular weight is 688 g/mol. The number of aromatic carboxylic acids is 1. The van der Waals surface area contributed by atoms with Crippen molar-refractivity contribution in [2.45, 2.75) is 9.79 Å². The van der Waals surface area contributed by atoms with Gasteiger partial charge in [0.2, 0.25) is 0 Å². The second-order valence-corrected chi connectivity index (χ2v) is 11.8. The number of non-ortho nitro benzene ring substituents is 1.